The summed E-state index contributed by atoms with van der Waals surface area (Å²) in [5, 5.41) is 4.18. The molecule has 4 aromatic rings. The number of aromatic nitrogens is 6. The van der Waals surface area contributed by atoms with Crippen molar-refractivity contribution in [3.05, 3.63) is 81.0 Å². The molecule has 0 saturated carbocycles. The van der Waals surface area contributed by atoms with Gasteiger partial charge in [0.05, 0.1) is 17.1 Å². The van der Waals surface area contributed by atoms with Crippen LogP contribution in [0, 0.1) is 13.8 Å². The zero-order valence-corrected chi connectivity index (χ0v) is 20.9. The Hall–Kier alpha value is -3.52. The Morgan fingerprint density at radius 3 is 2.56 bits per heavy atom. The molecule has 3 aromatic heterocycles. The number of benzene rings is 1. The minimum absolute atomic E-state index is 0.0832. The average Bonchev–Trinajstić information content (AvgIpc) is 3.20. The predicted octanol–water partition coefficient (Wildman–Crippen LogP) is 4.57. The molecule has 0 N–H and O–H groups in total. The molecule has 9 heteroatoms. The smallest absolute Gasteiger partial charge is 0.280 e. The molecule has 0 amide bonds. The highest BCUT2D eigenvalue weighted by Crippen LogP contribution is 2.27. The summed E-state index contributed by atoms with van der Waals surface area (Å²) in [7, 11) is 1.82. The van der Waals surface area contributed by atoms with Gasteiger partial charge in [0.1, 0.15) is 18.3 Å². The molecule has 4 rings (SSSR count). The molecule has 0 bridgehead atoms. The van der Waals surface area contributed by atoms with Crippen molar-refractivity contribution in [1.29, 1.82) is 0 Å². The Balaban J connectivity index is 1.72. The first-order chi connectivity index (χ1) is 16.0. The molecule has 0 spiro atoms. The number of ether oxygens (including phenoxy) is 1. The lowest BCUT2D eigenvalue weighted by molar-refractivity contribution is 0.286. The molecule has 1 aromatic carbocycles. The summed E-state index contributed by atoms with van der Waals surface area (Å²) in [6, 6.07) is 9.42. The number of hydrogen-bond acceptors (Lipinski definition) is 6. The molecule has 176 valence electrons. The Morgan fingerprint density at radius 1 is 1.12 bits per heavy atom. The maximum absolute atomic E-state index is 13.2. The van der Waals surface area contributed by atoms with Crippen molar-refractivity contribution in [1.82, 2.24) is 29.3 Å². The second kappa shape index (κ2) is 9.02. The number of hydrogen-bond donors (Lipinski definition) is 0. The fourth-order valence-electron chi connectivity index (χ4n) is 3.55. The molecular formula is C25H27ClN6O2. The van der Waals surface area contributed by atoms with Crippen LogP contribution in [-0.4, -0.2) is 29.3 Å². The number of aryl methyl sites for hydroxylation is 3. The second-order valence-corrected chi connectivity index (χ2v) is 9.59. The summed E-state index contributed by atoms with van der Waals surface area (Å²) in [6.07, 6.45) is 3.65. The third-order valence-electron chi connectivity index (χ3n) is 5.31. The third-order valence-corrected chi connectivity index (χ3v) is 5.63. The predicted molar refractivity (Wildman–Crippen MR) is 132 cm³/mol. The first kappa shape index (κ1) is 23.6. The Kier molecular flexibility index (Phi) is 6.27. The summed E-state index contributed by atoms with van der Waals surface area (Å²) in [4.78, 5) is 26.9. The highest BCUT2D eigenvalue weighted by atomic mass is 35.5. The van der Waals surface area contributed by atoms with Crippen LogP contribution < -0.4 is 10.3 Å². The van der Waals surface area contributed by atoms with Gasteiger partial charge in [-0.25, -0.2) is 9.97 Å². The van der Waals surface area contributed by atoms with Gasteiger partial charge in [-0.15, -0.1) is 0 Å². The second-order valence-electron chi connectivity index (χ2n) is 9.21. The van der Waals surface area contributed by atoms with Crippen LogP contribution in [0.15, 0.2) is 47.5 Å². The van der Waals surface area contributed by atoms with Crippen LogP contribution >= 0.6 is 11.6 Å². The molecule has 0 atom stereocenters. The van der Waals surface area contributed by atoms with E-state index >= 15 is 0 Å². The molecule has 3 heterocycles. The van der Waals surface area contributed by atoms with Gasteiger partial charge in [-0.3, -0.25) is 14.0 Å². The van der Waals surface area contributed by atoms with E-state index in [4.69, 9.17) is 21.3 Å². The van der Waals surface area contributed by atoms with Crippen LogP contribution in [-0.2, 0) is 19.1 Å². The normalized spacial score (nSPS) is 11.6. The van der Waals surface area contributed by atoms with Crippen molar-refractivity contribution in [2.75, 3.05) is 0 Å². The van der Waals surface area contributed by atoms with Crippen LogP contribution in [0.1, 0.15) is 43.7 Å². The van der Waals surface area contributed by atoms with E-state index in [1.807, 2.05) is 56.7 Å². The Bertz CT molecular complexity index is 1420. The van der Waals surface area contributed by atoms with Crippen molar-refractivity contribution in [3.63, 3.8) is 0 Å². The van der Waals surface area contributed by atoms with E-state index in [0.29, 0.717) is 17.2 Å². The monoisotopic (exact) mass is 478 g/mol. The topological polar surface area (TPSA) is 87.7 Å². The molecule has 0 saturated heterocycles. The lowest BCUT2D eigenvalue weighted by Gasteiger charge is -2.18. The highest BCUT2D eigenvalue weighted by molar-refractivity contribution is 6.31. The Labute approximate surface area is 203 Å². The van der Waals surface area contributed by atoms with Gasteiger partial charge in [-0.2, -0.15) is 10.1 Å². The lowest BCUT2D eigenvalue weighted by atomic mass is 9.95. The minimum atomic E-state index is -0.405. The molecule has 34 heavy (non-hydrogen) atoms. The summed E-state index contributed by atoms with van der Waals surface area (Å²) in [5.74, 6) is 1.30. The maximum Gasteiger partial charge on any atom is 0.280 e. The standard InChI is InChI=1S/C25H27ClN6O2/c1-15-13-27-24(25(3,4)5)29-21(15)17-8-7-9-19(12-17)32-16(2)28-22(20(26)23(32)33)34-14-18-10-11-31(6)30-18/h7-13H,14H2,1-6H3. The zero-order chi connectivity index (χ0) is 24.6. The first-order valence-corrected chi connectivity index (χ1v) is 11.3. The summed E-state index contributed by atoms with van der Waals surface area (Å²) >= 11 is 6.38. The van der Waals surface area contributed by atoms with Crippen LogP contribution in [0.2, 0.25) is 5.02 Å². The van der Waals surface area contributed by atoms with E-state index in [1.54, 1.807) is 11.6 Å². The number of rotatable bonds is 5. The van der Waals surface area contributed by atoms with E-state index in [2.05, 4.69) is 35.8 Å². The van der Waals surface area contributed by atoms with E-state index in [-0.39, 0.29) is 22.9 Å². The van der Waals surface area contributed by atoms with Gasteiger partial charge in [0.2, 0.25) is 5.88 Å². The van der Waals surface area contributed by atoms with Gasteiger partial charge < -0.3 is 4.74 Å². The number of halogens is 1. The van der Waals surface area contributed by atoms with Crippen molar-refractivity contribution >= 4 is 11.6 Å². The maximum atomic E-state index is 13.2. The van der Waals surface area contributed by atoms with Gasteiger partial charge >= 0.3 is 0 Å². The van der Waals surface area contributed by atoms with Gasteiger partial charge in [-0.05, 0) is 37.6 Å². The van der Waals surface area contributed by atoms with Gasteiger partial charge in [0, 0.05) is 30.4 Å². The molecule has 0 unspecified atom stereocenters. The SMILES string of the molecule is Cc1cnc(C(C)(C)C)nc1-c1cccc(-n2c(C)nc(OCc3ccn(C)n3)c(Cl)c2=O)c1. The molecule has 0 aliphatic heterocycles. The largest absolute Gasteiger partial charge is 0.470 e. The average molecular weight is 479 g/mol. The van der Waals surface area contributed by atoms with E-state index in [1.165, 1.54) is 4.57 Å². The summed E-state index contributed by atoms with van der Waals surface area (Å²) in [6.45, 7) is 10.1. The van der Waals surface area contributed by atoms with Crippen LogP contribution in [0.3, 0.4) is 0 Å². The van der Waals surface area contributed by atoms with Crippen molar-refractivity contribution < 1.29 is 4.74 Å². The van der Waals surface area contributed by atoms with E-state index in [0.717, 1.165) is 22.6 Å². The van der Waals surface area contributed by atoms with Crippen molar-refractivity contribution in [3.8, 4) is 22.8 Å². The first-order valence-electron chi connectivity index (χ1n) is 10.9. The molecule has 0 radical (unpaired) electrons. The van der Waals surface area contributed by atoms with Gasteiger partial charge in [-0.1, -0.05) is 44.5 Å². The minimum Gasteiger partial charge on any atom is -0.470 e. The zero-order valence-electron chi connectivity index (χ0n) is 20.1. The van der Waals surface area contributed by atoms with Crippen LogP contribution in [0.4, 0.5) is 0 Å². The molecule has 8 nitrogen and oxygen atoms in total. The molecule has 0 aliphatic rings. The quantitative estimate of drug-likeness (QED) is 0.417. The summed E-state index contributed by atoms with van der Waals surface area (Å²) < 4.78 is 8.84. The third kappa shape index (κ3) is 4.72. The number of nitrogens with zero attached hydrogens (tertiary/aromatic N) is 6. The van der Waals surface area contributed by atoms with Crippen molar-refractivity contribution in [2.24, 2.45) is 7.05 Å². The molecule has 0 aliphatic carbocycles. The fraction of sp³-hybridized carbons (Fsp3) is 0.320. The highest BCUT2D eigenvalue weighted by Gasteiger charge is 2.20. The lowest BCUT2D eigenvalue weighted by Crippen LogP contribution is -2.23. The van der Waals surface area contributed by atoms with Crippen LogP contribution in [0.25, 0.3) is 16.9 Å². The van der Waals surface area contributed by atoms with E-state index in [9.17, 15) is 4.79 Å². The van der Waals surface area contributed by atoms with Gasteiger partial charge in [0.15, 0.2) is 5.02 Å². The molecule has 0 fully saturated rings. The van der Waals surface area contributed by atoms with Crippen LogP contribution in [0.5, 0.6) is 5.88 Å². The fourth-order valence-corrected chi connectivity index (χ4v) is 3.73. The summed E-state index contributed by atoms with van der Waals surface area (Å²) in [5.41, 5.74) is 3.41. The van der Waals surface area contributed by atoms with Crippen molar-refractivity contribution in [2.45, 2.75) is 46.6 Å². The molecular weight excluding hydrogens is 452 g/mol. The van der Waals surface area contributed by atoms with E-state index < -0.39 is 5.56 Å². The Morgan fingerprint density at radius 2 is 1.88 bits per heavy atom. The van der Waals surface area contributed by atoms with Gasteiger partial charge in [0.25, 0.3) is 5.56 Å².